The Kier molecular flexibility index (Phi) is 20.8. The normalized spacial score (nSPS) is 13.8. The van der Waals surface area contributed by atoms with E-state index in [1.165, 1.54) is 0 Å². The molecule has 1 aliphatic carbocycles. The summed E-state index contributed by atoms with van der Waals surface area (Å²) in [5, 5.41) is 0. The van der Waals surface area contributed by atoms with Gasteiger partial charge in [0.15, 0.2) is 26.0 Å². The summed E-state index contributed by atoms with van der Waals surface area (Å²) in [7, 11) is -18.0. The van der Waals surface area contributed by atoms with Crippen LogP contribution in [-0.4, -0.2) is 61.2 Å². The minimum atomic E-state index is -6.09. The molecule has 0 radical (unpaired) electrons. The number of Topliss-reactive ketones (excluding diaryl/α,β-unsaturated/α-hetero) is 1. The number of carbonyl (C=O) groups is 1. The zero-order valence-corrected chi connectivity index (χ0v) is 26.8. The summed E-state index contributed by atoms with van der Waals surface area (Å²) in [5.41, 5.74) is -15.1. The van der Waals surface area contributed by atoms with Gasteiger partial charge in [-0.2, -0.15) is 47.9 Å². The fraction of sp³-hybridized carbons (Fsp3) is 0.267. The van der Waals surface area contributed by atoms with Crippen LogP contribution in [-0.2, 0) is 35.1 Å². The van der Waals surface area contributed by atoms with Crippen LogP contribution >= 0.6 is 12.6 Å². The third-order valence-electron chi connectivity index (χ3n) is 3.06. The number of rotatable bonds is 1. The van der Waals surface area contributed by atoms with Gasteiger partial charge in [-0.05, 0) is 11.6 Å². The van der Waals surface area contributed by atoms with Gasteiger partial charge >= 0.3 is 85.8 Å². The minimum absolute atomic E-state index is 0. The molecule has 220 valence electrons. The molecule has 0 fully saturated rings. The fourth-order valence-electron chi connectivity index (χ4n) is 1.48. The molecule has 0 heterocycles. The Bertz CT molecular complexity index is 1250. The maximum atomic E-state index is 11.6. The Morgan fingerprint density at radius 2 is 1.07 bits per heavy atom. The molecule has 1 aliphatic rings. The molecule has 40 heavy (non-hydrogen) atoms. The summed E-state index contributed by atoms with van der Waals surface area (Å²) in [4.78, 5) is 12.4. The van der Waals surface area contributed by atoms with Gasteiger partial charge in [0.25, 0.3) is 0 Å². The second-order valence-corrected chi connectivity index (χ2v) is 10.5. The summed E-state index contributed by atoms with van der Waals surface area (Å²) in [6.07, 6.45) is 6.12. The van der Waals surface area contributed by atoms with E-state index in [0.29, 0.717) is 6.42 Å². The Hall–Kier alpha value is -0.180. The molecule has 25 heteroatoms. The molecule has 1 N–H and O–H groups in total. The van der Waals surface area contributed by atoms with Gasteiger partial charge < -0.3 is 9.11 Å². The Morgan fingerprint density at radius 3 is 1.32 bits per heavy atom. The van der Waals surface area contributed by atoms with Gasteiger partial charge in [-0.15, -0.1) is 12.6 Å². The standard InChI is InChI=1S/C12H10OS.3CHF3O3S.2Na/c13-11-7-3-1-5-9(11)10-6-2-4-8-12(10)14;3*2-1(3,4)8(5,6)7;;/h1-6,8,14H,7H2;3*(H,5,6,7);;/q;;;;2*+1/p-2. The third kappa shape index (κ3) is 18.4. The number of halogens is 9. The van der Waals surface area contributed by atoms with Crippen LogP contribution in [0.4, 0.5) is 39.5 Å². The van der Waals surface area contributed by atoms with Crippen LogP contribution in [0.1, 0.15) is 12.0 Å². The van der Waals surface area contributed by atoms with Crippen LogP contribution < -0.4 is 59.1 Å². The second kappa shape index (κ2) is 17.8. The molecule has 1 aromatic rings. The topological polar surface area (TPSA) is 186 Å². The maximum absolute atomic E-state index is 11.6. The number of allylic oxidation sites excluding steroid dienone is 4. The molecular weight excluding hydrogens is 685 g/mol. The van der Waals surface area contributed by atoms with Crippen LogP contribution in [0, 0.1) is 0 Å². The van der Waals surface area contributed by atoms with E-state index >= 15 is 0 Å². The summed E-state index contributed by atoms with van der Waals surface area (Å²) in [6.45, 7) is 0. The van der Waals surface area contributed by atoms with Gasteiger partial charge in [0.2, 0.25) is 0 Å². The van der Waals surface area contributed by atoms with E-state index in [0.717, 1.165) is 16.0 Å². The first kappa shape index (κ1) is 46.8. The molecule has 0 aliphatic heterocycles. The zero-order valence-electron chi connectivity index (χ0n) is 19.4. The van der Waals surface area contributed by atoms with Crippen molar-refractivity contribution in [3.8, 4) is 0 Å². The maximum Gasteiger partial charge on any atom is 1.00 e. The van der Waals surface area contributed by atoms with Crippen molar-refractivity contribution >= 4 is 54.3 Å². The van der Waals surface area contributed by atoms with E-state index in [1.807, 2.05) is 42.5 Å². The smallest absolute Gasteiger partial charge is 0.741 e. The number of carbonyl (C=O) groups excluding carboxylic acids is 1. The van der Waals surface area contributed by atoms with Gasteiger partial charge in [-0.1, -0.05) is 36.4 Å². The number of alkyl halides is 9. The molecule has 0 unspecified atom stereocenters. The summed E-state index contributed by atoms with van der Waals surface area (Å²) >= 11 is 4.33. The Balaban J connectivity index is -0.000000222. The third-order valence-corrected chi connectivity index (χ3v) is 5.17. The quantitative estimate of drug-likeness (QED) is 0.104. The van der Waals surface area contributed by atoms with Crippen LogP contribution in [0.2, 0.25) is 0 Å². The molecule has 0 saturated heterocycles. The molecule has 0 saturated carbocycles. The largest absolute Gasteiger partial charge is 1.00 e. The van der Waals surface area contributed by atoms with Crippen molar-refractivity contribution in [3.05, 3.63) is 48.1 Å². The SMILES string of the molecule is O=C1CC=CC=C1c1ccccc1S.O=S(=O)(O)C(F)(F)F.O=S(=O)([O-])C(F)(F)F.O=S(=O)([O-])C(F)(F)F.[Na+].[Na+]. The average Bonchev–Trinajstić information content (AvgIpc) is 2.66. The van der Waals surface area contributed by atoms with E-state index in [2.05, 4.69) is 12.6 Å². The number of thiol groups is 1. The molecule has 0 atom stereocenters. The molecule has 0 aromatic heterocycles. The van der Waals surface area contributed by atoms with Crippen LogP contribution in [0.15, 0.2) is 47.4 Å². The van der Waals surface area contributed by atoms with E-state index < -0.39 is 46.9 Å². The van der Waals surface area contributed by atoms with E-state index in [-0.39, 0.29) is 64.9 Å². The van der Waals surface area contributed by atoms with E-state index in [1.54, 1.807) is 0 Å². The number of ketones is 1. The van der Waals surface area contributed by atoms with Gasteiger partial charge in [0.05, 0.1) is 0 Å². The Labute approximate surface area is 270 Å². The average molecular weight is 696 g/mol. The van der Waals surface area contributed by atoms with E-state index in [4.69, 9.17) is 38.9 Å². The first-order chi connectivity index (χ1) is 16.5. The van der Waals surface area contributed by atoms with Crippen molar-refractivity contribution in [3.63, 3.8) is 0 Å². The van der Waals surface area contributed by atoms with Gasteiger partial charge in [-0.25, -0.2) is 16.8 Å². The van der Waals surface area contributed by atoms with Crippen LogP contribution in [0.3, 0.4) is 0 Å². The molecule has 0 bridgehead atoms. The van der Waals surface area contributed by atoms with Crippen molar-refractivity contribution in [2.24, 2.45) is 0 Å². The van der Waals surface area contributed by atoms with Crippen molar-refractivity contribution in [1.29, 1.82) is 0 Å². The molecule has 1 aromatic carbocycles. The van der Waals surface area contributed by atoms with Crippen molar-refractivity contribution in [1.82, 2.24) is 0 Å². The van der Waals surface area contributed by atoms with Crippen LogP contribution in [0.5, 0.6) is 0 Å². The summed E-state index contributed by atoms with van der Waals surface area (Å²) in [5.74, 6) is 0.161. The molecule has 0 spiro atoms. The monoisotopic (exact) mass is 696 g/mol. The number of benzene rings is 1. The van der Waals surface area contributed by atoms with Crippen molar-refractivity contribution < 1.29 is 142 Å². The van der Waals surface area contributed by atoms with Crippen LogP contribution in [0.25, 0.3) is 5.57 Å². The van der Waals surface area contributed by atoms with Crippen molar-refractivity contribution in [2.75, 3.05) is 0 Å². The van der Waals surface area contributed by atoms with Gasteiger partial charge in [0, 0.05) is 16.9 Å². The van der Waals surface area contributed by atoms with Gasteiger partial charge in [-0.3, -0.25) is 9.35 Å². The predicted molar refractivity (Wildman–Crippen MR) is 110 cm³/mol. The van der Waals surface area contributed by atoms with E-state index in [9.17, 15) is 44.3 Å². The van der Waals surface area contributed by atoms with Crippen molar-refractivity contribution in [2.45, 2.75) is 27.8 Å². The molecule has 2 rings (SSSR count). The number of hydrogen-bond donors (Lipinski definition) is 2. The molecule has 0 amide bonds. The zero-order chi connectivity index (χ0) is 31.0. The Morgan fingerprint density at radius 1 is 0.750 bits per heavy atom. The molecular formula is C15H11F9Na2O10S4. The second-order valence-electron chi connectivity index (χ2n) is 5.87. The number of hydrogen-bond acceptors (Lipinski definition) is 10. The van der Waals surface area contributed by atoms with Gasteiger partial charge in [0.1, 0.15) is 0 Å². The first-order valence-corrected chi connectivity index (χ1v) is 13.0. The fourth-order valence-corrected chi connectivity index (χ4v) is 1.76. The summed E-state index contributed by atoms with van der Waals surface area (Å²) < 4.78 is 175. The summed E-state index contributed by atoms with van der Waals surface area (Å²) in [6, 6.07) is 7.65. The first-order valence-electron chi connectivity index (χ1n) is 8.30. The minimum Gasteiger partial charge on any atom is -0.741 e. The molecule has 10 nitrogen and oxygen atoms in total. The predicted octanol–water partition coefficient (Wildman–Crippen LogP) is -2.61.